The molecular formula is C23H30N4O2. The molecule has 1 aromatic carbocycles. The molecule has 4 atom stereocenters. The predicted molar refractivity (Wildman–Crippen MR) is 112 cm³/mol. The lowest BCUT2D eigenvalue weighted by Crippen LogP contribution is -2.68. The first-order valence-corrected chi connectivity index (χ1v) is 10.9. The van der Waals surface area contributed by atoms with Crippen LogP contribution in [0.2, 0.25) is 0 Å². The number of carbonyl (C=O) groups is 2. The maximum atomic E-state index is 13.3. The summed E-state index contributed by atoms with van der Waals surface area (Å²) in [6.45, 7) is 8.19. The fraction of sp³-hybridized carbons (Fsp3) is 0.565. The third-order valence-corrected chi connectivity index (χ3v) is 7.53. The van der Waals surface area contributed by atoms with Crippen LogP contribution < -0.4 is 10.6 Å². The van der Waals surface area contributed by atoms with E-state index in [0.717, 1.165) is 64.1 Å². The van der Waals surface area contributed by atoms with Crippen LogP contribution in [0.1, 0.15) is 36.0 Å². The van der Waals surface area contributed by atoms with Crippen LogP contribution in [-0.2, 0) is 4.79 Å². The van der Waals surface area contributed by atoms with Crippen molar-refractivity contribution in [3.8, 4) is 0 Å². The molecule has 2 aliphatic heterocycles. The van der Waals surface area contributed by atoms with Gasteiger partial charge in [0, 0.05) is 50.2 Å². The second kappa shape index (κ2) is 7.17. The maximum Gasteiger partial charge on any atom is 0.255 e. The van der Waals surface area contributed by atoms with Crippen molar-refractivity contribution in [2.24, 2.45) is 17.8 Å². The normalized spacial score (nSPS) is 33.7. The van der Waals surface area contributed by atoms with Gasteiger partial charge in [0.2, 0.25) is 5.91 Å². The predicted octanol–water partition coefficient (Wildman–Crippen LogP) is 2.30. The second-order valence-electron chi connectivity index (χ2n) is 9.09. The number of rotatable bonds is 3. The summed E-state index contributed by atoms with van der Waals surface area (Å²) in [5.74, 6) is 1.06. The number of hydrogen-bond acceptors (Lipinski definition) is 4. The lowest BCUT2D eigenvalue weighted by atomic mass is 9.58. The van der Waals surface area contributed by atoms with Gasteiger partial charge in [0.05, 0.1) is 5.56 Å². The number of benzene rings is 1. The highest BCUT2D eigenvalue weighted by Crippen LogP contribution is 2.52. The molecule has 6 nitrogen and oxygen atoms in total. The van der Waals surface area contributed by atoms with Crippen LogP contribution in [0.5, 0.6) is 0 Å². The molecule has 3 saturated carbocycles. The summed E-state index contributed by atoms with van der Waals surface area (Å²) in [6, 6.07) is 7.72. The van der Waals surface area contributed by atoms with Crippen LogP contribution in [0, 0.1) is 17.8 Å². The molecule has 6 rings (SSSR count). The summed E-state index contributed by atoms with van der Waals surface area (Å²) < 4.78 is 0. The summed E-state index contributed by atoms with van der Waals surface area (Å²) in [7, 11) is 0. The van der Waals surface area contributed by atoms with Gasteiger partial charge < -0.3 is 15.5 Å². The van der Waals surface area contributed by atoms with Crippen molar-refractivity contribution in [1.82, 2.24) is 15.1 Å². The van der Waals surface area contributed by atoms with Crippen molar-refractivity contribution in [3.05, 3.63) is 42.5 Å². The number of carbonyl (C=O) groups excluding carboxylic acids is 2. The molecule has 0 aromatic heterocycles. The minimum atomic E-state index is -0.395. The molecule has 2 N–H and O–H groups in total. The van der Waals surface area contributed by atoms with E-state index < -0.39 is 5.66 Å². The summed E-state index contributed by atoms with van der Waals surface area (Å²) in [5, 5.41) is 6.95. The Hall–Kier alpha value is -2.34. The average molecular weight is 395 g/mol. The highest BCUT2D eigenvalue weighted by molar-refractivity contribution is 6.02. The van der Waals surface area contributed by atoms with Crippen molar-refractivity contribution < 1.29 is 9.59 Å². The van der Waals surface area contributed by atoms with Gasteiger partial charge in [0.25, 0.3) is 5.91 Å². The number of fused-ring (bicyclic) bond motifs is 3. The summed E-state index contributed by atoms with van der Waals surface area (Å²) in [6.07, 6.45) is 5.78. The molecule has 3 unspecified atom stereocenters. The van der Waals surface area contributed by atoms with E-state index in [4.69, 9.17) is 0 Å². The molecule has 6 heteroatoms. The van der Waals surface area contributed by atoms with Gasteiger partial charge in [-0.25, -0.2) is 0 Å². The molecular weight excluding hydrogens is 364 g/mol. The van der Waals surface area contributed by atoms with E-state index in [1.54, 1.807) is 0 Å². The van der Waals surface area contributed by atoms with Crippen molar-refractivity contribution in [1.29, 1.82) is 0 Å². The standard InChI is InChI=1S/C23H30N4O2/c1-2-9-26-10-12-27(13-11-26)22(29)19-14-17-8-7-16(19)15-23(17)24-20-6-4-3-5-18(20)21(28)25-23/h2-6,16-17,19,24H,1,7-15H2,(H,25,28)/t16?,17?,19?,23-/m1/s1. The Morgan fingerprint density at radius 1 is 1.17 bits per heavy atom. The lowest BCUT2D eigenvalue weighted by molar-refractivity contribution is -0.144. The SMILES string of the molecule is C=CCN1CCN(C(=O)C2CC3CCC2C[C@@]32NC(=O)c3ccccc3N2)CC1. The monoisotopic (exact) mass is 394 g/mol. The first-order chi connectivity index (χ1) is 14.1. The largest absolute Gasteiger partial charge is 0.362 e. The summed E-state index contributed by atoms with van der Waals surface area (Å²) in [4.78, 5) is 30.5. The molecule has 4 fully saturated rings. The van der Waals surface area contributed by atoms with Crippen LogP contribution in [0.15, 0.2) is 36.9 Å². The molecule has 1 saturated heterocycles. The average Bonchev–Trinajstić information content (AvgIpc) is 2.74. The third kappa shape index (κ3) is 3.14. The Kier molecular flexibility index (Phi) is 4.62. The zero-order chi connectivity index (χ0) is 20.0. The molecule has 29 heavy (non-hydrogen) atoms. The number of amides is 2. The number of para-hydroxylation sites is 1. The first-order valence-electron chi connectivity index (χ1n) is 10.9. The van der Waals surface area contributed by atoms with Gasteiger partial charge in [-0.2, -0.15) is 0 Å². The maximum absolute atomic E-state index is 13.3. The van der Waals surface area contributed by atoms with Crippen LogP contribution in [0.25, 0.3) is 0 Å². The molecule has 1 aromatic rings. The van der Waals surface area contributed by atoms with Gasteiger partial charge in [-0.15, -0.1) is 6.58 Å². The quantitative estimate of drug-likeness (QED) is 0.773. The van der Waals surface area contributed by atoms with Crippen molar-refractivity contribution in [2.45, 2.75) is 31.3 Å². The fourth-order valence-corrected chi connectivity index (χ4v) is 6.01. The minimum Gasteiger partial charge on any atom is -0.362 e. The van der Waals surface area contributed by atoms with Gasteiger partial charge in [0.15, 0.2) is 0 Å². The van der Waals surface area contributed by atoms with E-state index in [1.165, 1.54) is 0 Å². The summed E-state index contributed by atoms with van der Waals surface area (Å²) >= 11 is 0. The molecule has 0 radical (unpaired) electrons. The van der Waals surface area contributed by atoms with E-state index >= 15 is 0 Å². The fourth-order valence-electron chi connectivity index (χ4n) is 6.01. The first kappa shape index (κ1) is 18.7. The molecule has 2 bridgehead atoms. The van der Waals surface area contributed by atoms with E-state index in [2.05, 4.69) is 27.0 Å². The van der Waals surface area contributed by atoms with E-state index in [0.29, 0.717) is 23.3 Å². The Labute approximate surface area is 172 Å². The number of hydrogen-bond donors (Lipinski definition) is 2. The van der Waals surface area contributed by atoms with Crippen LogP contribution in [-0.4, -0.2) is 60.0 Å². The lowest BCUT2D eigenvalue weighted by Gasteiger charge is -2.57. The number of nitrogens with zero attached hydrogens (tertiary/aromatic N) is 2. The molecule has 1 spiro atoms. The number of nitrogens with one attached hydrogen (secondary N) is 2. The summed E-state index contributed by atoms with van der Waals surface area (Å²) in [5.41, 5.74) is 1.24. The van der Waals surface area contributed by atoms with Crippen LogP contribution >= 0.6 is 0 Å². The van der Waals surface area contributed by atoms with Gasteiger partial charge >= 0.3 is 0 Å². The van der Waals surface area contributed by atoms with Crippen molar-refractivity contribution >= 4 is 17.5 Å². The smallest absolute Gasteiger partial charge is 0.255 e. The second-order valence-corrected chi connectivity index (χ2v) is 9.09. The van der Waals surface area contributed by atoms with E-state index in [-0.39, 0.29) is 11.8 Å². The number of anilines is 1. The highest BCUT2D eigenvalue weighted by Gasteiger charge is 2.55. The number of piperazine rings is 1. The van der Waals surface area contributed by atoms with Crippen molar-refractivity contribution in [2.75, 3.05) is 38.0 Å². The zero-order valence-electron chi connectivity index (χ0n) is 16.9. The van der Waals surface area contributed by atoms with Crippen molar-refractivity contribution in [3.63, 3.8) is 0 Å². The van der Waals surface area contributed by atoms with Gasteiger partial charge in [-0.1, -0.05) is 18.2 Å². The van der Waals surface area contributed by atoms with Crippen LogP contribution in [0.4, 0.5) is 5.69 Å². The van der Waals surface area contributed by atoms with E-state index in [9.17, 15) is 9.59 Å². The third-order valence-electron chi connectivity index (χ3n) is 7.53. The highest BCUT2D eigenvalue weighted by atomic mass is 16.2. The Balaban J connectivity index is 1.29. The Bertz CT molecular complexity index is 832. The van der Waals surface area contributed by atoms with E-state index in [1.807, 2.05) is 30.3 Å². The topological polar surface area (TPSA) is 64.7 Å². The van der Waals surface area contributed by atoms with Gasteiger partial charge in [-0.05, 0) is 43.7 Å². The molecule has 5 aliphatic rings. The minimum absolute atomic E-state index is 0.00752. The zero-order valence-corrected chi connectivity index (χ0v) is 16.9. The van der Waals surface area contributed by atoms with Crippen LogP contribution in [0.3, 0.4) is 0 Å². The molecule has 3 aliphatic carbocycles. The Morgan fingerprint density at radius 3 is 2.69 bits per heavy atom. The van der Waals surface area contributed by atoms with Gasteiger partial charge in [0.1, 0.15) is 5.66 Å². The molecule has 2 heterocycles. The molecule has 2 amide bonds. The molecule has 154 valence electrons. The Morgan fingerprint density at radius 2 is 1.97 bits per heavy atom. The van der Waals surface area contributed by atoms with Gasteiger partial charge in [-0.3, -0.25) is 14.5 Å².